The first-order valence-electron chi connectivity index (χ1n) is 5.98. The standard InChI is InChI=1S/C14H11F2NO4/c1-8(18)11-6-9(15)2-4-13(11)21-14-5-3-10(16)7-12(14)17(19)20/h2-8,18H,1H3/t8-/m0/s1. The summed E-state index contributed by atoms with van der Waals surface area (Å²) < 4.78 is 31.6. The van der Waals surface area contributed by atoms with Gasteiger partial charge in [-0.2, -0.15) is 0 Å². The first kappa shape index (κ1) is 14.9. The Kier molecular flexibility index (Phi) is 4.13. The van der Waals surface area contributed by atoms with E-state index in [0.717, 1.165) is 30.3 Å². The molecule has 2 aromatic rings. The van der Waals surface area contributed by atoms with E-state index < -0.39 is 28.3 Å². The van der Waals surface area contributed by atoms with Gasteiger partial charge >= 0.3 is 5.69 Å². The van der Waals surface area contributed by atoms with Crippen molar-refractivity contribution in [1.29, 1.82) is 0 Å². The zero-order valence-corrected chi connectivity index (χ0v) is 10.9. The number of ether oxygens (including phenoxy) is 1. The number of aliphatic hydroxyl groups excluding tert-OH is 1. The van der Waals surface area contributed by atoms with E-state index in [2.05, 4.69) is 0 Å². The summed E-state index contributed by atoms with van der Waals surface area (Å²) in [7, 11) is 0. The molecule has 5 nitrogen and oxygen atoms in total. The number of hydrogen-bond acceptors (Lipinski definition) is 4. The Balaban J connectivity index is 2.46. The molecule has 0 aromatic heterocycles. The lowest BCUT2D eigenvalue weighted by Crippen LogP contribution is -1.99. The van der Waals surface area contributed by atoms with Crippen LogP contribution in [0.5, 0.6) is 11.5 Å². The predicted molar refractivity (Wildman–Crippen MR) is 70.2 cm³/mol. The van der Waals surface area contributed by atoms with Gasteiger partial charge in [-0.05, 0) is 37.3 Å². The van der Waals surface area contributed by atoms with Gasteiger partial charge in [0.25, 0.3) is 0 Å². The number of nitro groups is 1. The molecule has 21 heavy (non-hydrogen) atoms. The lowest BCUT2D eigenvalue weighted by Gasteiger charge is -2.13. The topological polar surface area (TPSA) is 72.6 Å². The monoisotopic (exact) mass is 295 g/mol. The van der Waals surface area contributed by atoms with Gasteiger partial charge in [0.15, 0.2) is 0 Å². The summed E-state index contributed by atoms with van der Waals surface area (Å²) in [5, 5.41) is 20.5. The molecule has 0 radical (unpaired) electrons. The van der Waals surface area contributed by atoms with Gasteiger partial charge in [0.1, 0.15) is 17.4 Å². The molecule has 0 bridgehead atoms. The maximum Gasteiger partial charge on any atom is 0.314 e. The van der Waals surface area contributed by atoms with Crippen molar-refractivity contribution in [2.75, 3.05) is 0 Å². The van der Waals surface area contributed by atoms with Gasteiger partial charge < -0.3 is 9.84 Å². The quantitative estimate of drug-likeness (QED) is 0.689. The van der Waals surface area contributed by atoms with Crippen molar-refractivity contribution in [3.05, 3.63) is 63.7 Å². The molecular weight excluding hydrogens is 284 g/mol. The van der Waals surface area contributed by atoms with Gasteiger partial charge in [0, 0.05) is 5.56 Å². The van der Waals surface area contributed by atoms with Crippen LogP contribution < -0.4 is 4.74 Å². The van der Waals surface area contributed by atoms with Crippen LogP contribution in [0.3, 0.4) is 0 Å². The summed E-state index contributed by atoms with van der Waals surface area (Å²) in [6.07, 6.45) is -1.03. The average Bonchev–Trinajstić information content (AvgIpc) is 2.42. The molecule has 0 aliphatic rings. The molecule has 0 spiro atoms. The van der Waals surface area contributed by atoms with E-state index in [1.165, 1.54) is 13.0 Å². The van der Waals surface area contributed by atoms with Crippen LogP contribution in [-0.2, 0) is 0 Å². The van der Waals surface area contributed by atoms with Crippen LogP contribution in [-0.4, -0.2) is 10.0 Å². The SMILES string of the molecule is C[C@H](O)c1cc(F)ccc1Oc1ccc(F)cc1[N+](=O)[O-]. The lowest BCUT2D eigenvalue weighted by atomic mass is 10.1. The molecule has 0 amide bonds. The second-order valence-electron chi connectivity index (χ2n) is 4.33. The summed E-state index contributed by atoms with van der Waals surface area (Å²) in [6, 6.07) is 6.23. The van der Waals surface area contributed by atoms with E-state index in [-0.39, 0.29) is 17.1 Å². The molecule has 0 heterocycles. The van der Waals surface area contributed by atoms with E-state index in [4.69, 9.17) is 4.74 Å². The summed E-state index contributed by atoms with van der Waals surface area (Å²) >= 11 is 0. The summed E-state index contributed by atoms with van der Waals surface area (Å²) in [6.45, 7) is 1.40. The van der Waals surface area contributed by atoms with Crippen LogP contribution in [0.25, 0.3) is 0 Å². The molecule has 0 aliphatic heterocycles. The third-order valence-electron chi connectivity index (χ3n) is 2.76. The first-order chi connectivity index (χ1) is 9.88. The molecule has 0 unspecified atom stereocenters. The predicted octanol–water partition coefficient (Wildman–Crippen LogP) is 3.72. The van der Waals surface area contributed by atoms with Crippen molar-refractivity contribution in [2.24, 2.45) is 0 Å². The van der Waals surface area contributed by atoms with Crippen molar-refractivity contribution in [2.45, 2.75) is 13.0 Å². The molecule has 110 valence electrons. The Morgan fingerprint density at radius 3 is 2.29 bits per heavy atom. The fourth-order valence-electron chi connectivity index (χ4n) is 1.78. The number of aliphatic hydroxyl groups is 1. The zero-order chi connectivity index (χ0) is 15.6. The molecule has 2 rings (SSSR count). The smallest absolute Gasteiger partial charge is 0.314 e. The van der Waals surface area contributed by atoms with Crippen LogP contribution in [0.4, 0.5) is 14.5 Å². The molecule has 0 saturated carbocycles. The van der Waals surface area contributed by atoms with E-state index >= 15 is 0 Å². The summed E-state index contributed by atoms with van der Waals surface area (Å²) in [4.78, 5) is 10.1. The number of halogens is 2. The van der Waals surface area contributed by atoms with Gasteiger partial charge in [-0.25, -0.2) is 8.78 Å². The van der Waals surface area contributed by atoms with Crippen LogP contribution in [0.15, 0.2) is 36.4 Å². The summed E-state index contributed by atoms with van der Waals surface area (Å²) in [5.41, 5.74) is -0.426. The third kappa shape index (κ3) is 3.32. The minimum Gasteiger partial charge on any atom is -0.450 e. The zero-order valence-electron chi connectivity index (χ0n) is 10.9. The summed E-state index contributed by atoms with van der Waals surface area (Å²) in [5.74, 6) is -1.49. The minimum absolute atomic E-state index is 0.0566. The average molecular weight is 295 g/mol. The van der Waals surface area contributed by atoms with Crippen LogP contribution in [0, 0.1) is 21.7 Å². The number of nitrogens with zero attached hydrogens (tertiary/aromatic N) is 1. The Labute approximate surface area is 118 Å². The van der Waals surface area contributed by atoms with Crippen molar-refractivity contribution >= 4 is 5.69 Å². The third-order valence-corrected chi connectivity index (χ3v) is 2.76. The van der Waals surface area contributed by atoms with Crippen molar-refractivity contribution < 1.29 is 23.5 Å². The Hall–Kier alpha value is -2.54. The first-order valence-corrected chi connectivity index (χ1v) is 5.98. The van der Waals surface area contributed by atoms with Crippen molar-refractivity contribution in [3.8, 4) is 11.5 Å². The van der Waals surface area contributed by atoms with Gasteiger partial charge in [0.2, 0.25) is 5.75 Å². The maximum atomic E-state index is 13.2. The van der Waals surface area contributed by atoms with E-state index in [1.807, 2.05) is 0 Å². The van der Waals surface area contributed by atoms with Crippen LogP contribution in [0.2, 0.25) is 0 Å². The molecule has 7 heteroatoms. The Bertz CT molecular complexity index is 689. The highest BCUT2D eigenvalue weighted by Crippen LogP contribution is 2.35. The highest BCUT2D eigenvalue weighted by molar-refractivity contribution is 5.50. The molecule has 1 N–H and O–H groups in total. The number of hydrogen-bond donors (Lipinski definition) is 1. The number of benzene rings is 2. The van der Waals surface area contributed by atoms with Gasteiger partial charge in [-0.3, -0.25) is 10.1 Å². The lowest BCUT2D eigenvalue weighted by molar-refractivity contribution is -0.385. The normalized spacial score (nSPS) is 12.0. The highest BCUT2D eigenvalue weighted by atomic mass is 19.1. The Morgan fingerprint density at radius 1 is 1.14 bits per heavy atom. The van der Waals surface area contributed by atoms with Gasteiger partial charge in [-0.1, -0.05) is 0 Å². The second kappa shape index (κ2) is 5.84. The second-order valence-corrected chi connectivity index (χ2v) is 4.33. The van der Waals surface area contributed by atoms with E-state index in [0.29, 0.717) is 0 Å². The molecule has 2 aromatic carbocycles. The fraction of sp³-hybridized carbons (Fsp3) is 0.143. The molecule has 1 atom stereocenters. The van der Waals surface area contributed by atoms with Crippen molar-refractivity contribution in [1.82, 2.24) is 0 Å². The van der Waals surface area contributed by atoms with E-state index in [1.54, 1.807) is 0 Å². The number of nitro benzene ring substituents is 1. The maximum absolute atomic E-state index is 13.2. The van der Waals surface area contributed by atoms with Gasteiger partial charge in [0.05, 0.1) is 17.1 Å². The highest BCUT2D eigenvalue weighted by Gasteiger charge is 2.19. The van der Waals surface area contributed by atoms with E-state index in [9.17, 15) is 24.0 Å². The Morgan fingerprint density at radius 2 is 1.71 bits per heavy atom. The molecule has 0 fully saturated rings. The van der Waals surface area contributed by atoms with Crippen LogP contribution in [0.1, 0.15) is 18.6 Å². The van der Waals surface area contributed by atoms with Crippen LogP contribution >= 0.6 is 0 Å². The van der Waals surface area contributed by atoms with Gasteiger partial charge in [-0.15, -0.1) is 0 Å². The fourth-order valence-corrected chi connectivity index (χ4v) is 1.78. The minimum atomic E-state index is -1.03. The van der Waals surface area contributed by atoms with Crippen molar-refractivity contribution in [3.63, 3.8) is 0 Å². The molecular formula is C14H11F2NO4. The molecule has 0 saturated heterocycles. The molecule has 0 aliphatic carbocycles. The largest absolute Gasteiger partial charge is 0.450 e. The number of rotatable bonds is 4.